The summed E-state index contributed by atoms with van der Waals surface area (Å²) in [6.45, 7) is -0.717. The number of phosphoric acid groups is 1. The van der Waals surface area contributed by atoms with Gasteiger partial charge in [-0.15, -0.1) is 0 Å². The van der Waals surface area contributed by atoms with Gasteiger partial charge in [-0.1, -0.05) is 0 Å². The molecule has 0 amide bonds. The van der Waals surface area contributed by atoms with E-state index in [0.717, 1.165) is 0 Å². The van der Waals surface area contributed by atoms with Crippen molar-refractivity contribution in [1.82, 2.24) is 0 Å². The summed E-state index contributed by atoms with van der Waals surface area (Å²) in [7, 11) is -7.55. The van der Waals surface area contributed by atoms with E-state index in [4.69, 9.17) is 4.52 Å². The summed E-state index contributed by atoms with van der Waals surface area (Å²) in [5.41, 5.74) is 0. The van der Waals surface area contributed by atoms with Crippen molar-refractivity contribution in [2.45, 2.75) is 6.10 Å². The summed E-state index contributed by atoms with van der Waals surface area (Å²) in [4.78, 5) is 10.6. The quantitative estimate of drug-likeness (QED) is 0.478. The van der Waals surface area contributed by atoms with Gasteiger partial charge in [-0.05, 0) is 0 Å². The van der Waals surface area contributed by atoms with E-state index >= 15 is 0 Å². The fourth-order valence-corrected chi connectivity index (χ4v) is 3.51. The molecule has 15 heavy (non-hydrogen) atoms. The molecular formula is C5H7O8PS. The summed E-state index contributed by atoms with van der Waals surface area (Å²) in [5.74, 6) is -1.24. The van der Waals surface area contributed by atoms with Gasteiger partial charge in [0.05, 0.1) is 6.61 Å². The predicted octanol–water partition coefficient (Wildman–Crippen LogP) is -0.587. The van der Waals surface area contributed by atoms with Crippen LogP contribution in [0.25, 0.3) is 0 Å². The highest BCUT2D eigenvalue weighted by Gasteiger charge is 2.44. The SMILES string of the molecule is O=C1COP(=O)(OC2COS(=O)(=O)C2)O1. The van der Waals surface area contributed by atoms with E-state index in [1.165, 1.54) is 0 Å². The molecule has 8 nitrogen and oxygen atoms in total. The van der Waals surface area contributed by atoms with E-state index in [9.17, 15) is 17.8 Å². The predicted molar refractivity (Wildman–Crippen MR) is 44.3 cm³/mol. The van der Waals surface area contributed by atoms with E-state index in [0.29, 0.717) is 0 Å². The minimum Gasteiger partial charge on any atom is -0.369 e. The molecule has 2 heterocycles. The molecule has 0 radical (unpaired) electrons. The first-order valence-corrected chi connectivity index (χ1v) is 6.95. The Morgan fingerprint density at radius 2 is 2.20 bits per heavy atom. The number of hydrogen-bond donors (Lipinski definition) is 0. The molecule has 0 aliphatic carbocycles. The van der Waals surface area contributed by atoms with Crippen LogP contribution in [-0.2, 0) is 37.2 Å². The zero-order valence-corrected chi connectivity index (χ0v) is 9.03. The van der Waals surface area contributed by atoms with Crippen LogP contribution in [0.4, 0.5) is 0 Å². The van der Waals surface area contributed by atoms with Gasteiger partial charge in [0.2, 0.25) is 0 Å². The zero-order valence-electron chi connectivity index (χ0n) is 7.32. The zero-order chi connectivity index (χ0) is 11.1. The summed E-state index contributed by atoms with van der Waals surface area (Å²) in [5, 5.41) is 0. The number of carbonyl (C=O) groups is 1. The maximum Gasteiger partial charge on any atom is 0.533 e. The van der Waals surface area contributed by atoms with E-state index in [1.54, 1.807) is 0 Å². The first-order chi connectivity index (χ1) is 6.89. The lowest BCUT2D eigenvalue weighted by Crippen LogP contribution is -2.15. The summed E-state index contributed by atoms with van der Waals surface area (Å²) in [6, 6.07) is 0. The van der Waals surface area contributed by atoms with Crippen LogP contribution in [0.1, 0.15) is 0 Å². The fourth-order valence-electron chi connectivity index (χ4n) is 1.11. The number of carbonyl (C=O) groups excluding carboxylic acids is 1. The van der Waals surface area contributed by atoms with Crippen molar-refractivity contribution in [3.63, 3.8) is 0 Å². The second-order valence-electron chi connectivity index (χ2n) is 2.92. The molecular weight excluding hydrogens is 251 g/mol. The van der Waals surface area contributed by atoms with Gasteiger partial charge in [0.15, 0.2) is 6.61 Å². The maximum atomic E-state index is 11.5. The lowest BCUT2D eigenvalue weighted by atomic mass is 10.5. The van der Waals surface area contributed by atoms with Crippen molar-refractivity contribution in [2.24, 2.45) is 0 Å². The van der Waals surface area contributed by atoms with Gasteiger partial charge in [0.1, 0.15) is 11.9 Å². The van der Waals surface area contributed by atoms with Gasteiger partial charge in [0, 0.05) is 0 Å². The molecule has 0 aromatic heterocycles. The minimum absolute atomic E-state index is 0.257. The summed E-state index contributed by atoms with van der Waals surface area (Å²) < 4.78 is 51.1. The molecule has 2 rings (SSSR count). The molecule has 2 unspecified atom stereocenters. The maximum absolute atomic E-state index is 11.5. The van der Waals surface area contributed by atoms with Gasteiger partial charge < -0.3 is 4.52 Å². The lowest BCUT2D eigenvalue weighted by molar-refractivity contribution is -0.132. The molecule has 86 valence electrons. The van der Waals surface area contributed by atoms with Crippen molar-refractivity contribution >= 4 is 23.9 Å². The van der Waals surface area contributed by atoms with E-state index in [-0.39, 0.29) is 6.61 Å². The molecule has 0 saturated carbocycles. The highest BCUT2D eigenvalue weighted by Crippen LogP contribution is 2.54. The monoisotopic (exact) mass is 258 g/mol. The molecule has 2 aliphatic rings. The number of phosphoric ester groups is 1. The van der Waals surface area contributed by atoms with Crippen molar-refractivity contribution in [3.8, 4) is 0 Å². The Labute approximate surface area is 85.2 Å². The first kappa shape index (κ1) is 11.0. The van der Waals surface area contributed by atoms with Crippen LogP contribution in [-0.4, -0.2) is 39.5 Å². The molecule has 2 saturated heterocycles. The smallest absolute Gasteiger partial charge is 0.369 e. The van der Waals surface area contributed by atoms with Gasteiger partial charge >= 0.3 is 13.8 Å². The minimum atomic E-state index is -3.93. The molecule has 0 spiro atoms. The van der Waals surface area contributed by atoms with E-state index < -0.39 is 42.4 Å². The van der Waals surface area contributed by atoms with Crippen LogP contribution in [0.2, 0.25) is 0 Å². The largest absolute Gasteiger partial charge is 0.533 e. The molecule has 10 heteroatoms. The second-order valence-corrected chi connectivity index (χ2v) is 6.15. The van der Waals surface area contributed by atoms with Crippen LogP contribution in [0.5, 0.6) is 0 Å². The molecule has 2 fully saturated rings. The third-order valence-electron chi connectivity index (χ3n) is 1.66. The standard InChI is InChI=1S/C5H7O8PS/c6-5-2-10-14(7,13-5)12-4-1-11-15(8,9)3-4/h4H,1-3H2. The Balaban J connectivity index is 1.99. The van der Waals surface area contributed by atoms with Gasteiger partial charge in [-0.3, -0.25) is 13.2 Å². The lowest BCUT2D eigenvalue weighted by Gasteiger charge is -2.11. The number of hydrogen-bond acceptors (Lipinski definition) is 8. The van der Waals surface area contributed by atoms with Gasteiger partial charge in [-0.25, -0.2) is 9.36 Å². The Kier molecular flexibility index (Phi) is 2.60. The van der Waals surface area contributed by atoms with Crippen molar-refractivity contribution in [3.05, 3.63) is 0 Å². The van der Waals surface area contributed by atoms with E-state index in [2.05, 4.69) is 13.2 Å². The Morgan fingerprint density at radius 3 is 2.67 bits per heavy atom. The van der Waals surface area contributed by atoms with E-state index in [1.807, 2.05) is 0 Å². The highest BCUT2D eigenvalue weighted by molar-refractivity contribution is 7.87. The van der Waals surface area contributed by atoms with Crippen LogP contribution >= 0.6 is 7.82 Å². The average molecular weight is 258 g/mol. The summed E-state index contributed by atoms with van der Waals surface area (Å²) in [6.07, 6.45) is -0.938. The normalized spacial score (nSPS) is 39.2. The molecule has 0 N–H and O–H groups in total. The topological polar surface area (TPSA) is 105 Å². The van der Waals surface area contributed by atoms with Crippen LogP contribution < -0.4 is 0 Å². The van der Waals surface area contributed by atoms with Gasteiger partial charge in [0.25, 0.3) is 10.1 Å². The Bertz CT molecular complexity index is 426. The van der Waals surface area contributed by atoms with Crippen molar-refractivity contribution < 1.29 is 35.5 Å². The third-order valence-corrected chi connectivity index (χ3v) is 4.36. The Hall–Kier alpha value is -0.470. The Morgan fingerprint density at radius 1 is 1.47 bits per heavy atom. The molecule has 0 bridgehead atoms. The first-order valence-electron chi connectivity index (χ1n) is 3.91. The molecule has 2 aliphatic heterocycles. The van der Waals surface area contributed by atoms with Crippen molar-refractivity contribution in [1.29, 1.82) is 0 Å². The van der Waals surface area contributed by atoms with Gasteiger partial charge in [-0.2, -0.15) is 8.42 Å². The fraction of sp³-hybridized carbons (Fsp3) is 0.800. The number of rotatable bonds is 2. The highest BCUT2D eigenvalue weighted by atomic mass is 32.2. The summed E-state index contributed by atoms with van der Waals surface area (Å²) >= 11 is 0. The molecule has 2 atom stereocenters. The van der Waals surface area contributed by atoms with Crippen molar-refractivity contribution in [2.75, 3.05) is 19.0 Å². The van der Waals surface area contributed by atoms with Crippen LogP contribution in [0.15, 0.2) is 0 Å². The average Bonchev–Trinajstić information content (AvgIpc) is 2.56. The molecule has 0 aromatic carbocycles. The second kappa shape index (κ2) is 3.53. The molecule has 0 aromatic rings. The third kappa shape index (κ3) is 2.56. The van der Waals surface area contributed by atoms with Crippen LogP contribution in [0, 0.1) is 0 Å². The van der Waals surface area contributed by atoms with Crippen LogP contribution in [0.3, 0.4) is 0 Å².